The Labute approximate surface area is 142 Å². The third-order valence-corrected chi connectivity index (χ3v) is 5.41. The summed E-state index contributed by atoms with van der Waals surface area (Å²) >= 11 is 1.68. The average molecular weight is 352 g/mol. The van der Waals surface area contributed by atoms with Gasteiger partial charge in [-0.1, -0.05) is 0 Å². The minimum atomic E-state index is -2.75. The van der Waals surface area contributed by atoms with E-state index in [9.17, 15) is 13.6 Å². The first-order valence-corrected chi connectivity index (χ1v) is 8.86. The van der Waals surface area contributed by atoms with E-state index in [0.29, 0.717) is 0 Å². The average Bonchev–Trinajstić information content (AvgIpc) is 3.16. The molecule has 0 bridgehead atoms. The molecule has 0 radical (unpaired) electrons. The van der Waals surface area contributed by atoms with Crippen LogP contribution in [0.4, 0.5) is 8.78 Å². The molecule has 1 saturated heterocycles. The van der Waals surface area contributed by atoms with Gasteiger partial charge in [0.1, 0.15) is 11.5 Å². The summed E-state index contributed by atoms with van der Waals surface area (Å²) in [5.74, 6) is -2.33. The Kier molecular flexibility index (Phi) is 3.69. The number of thiophene rings is 1. The highest BCUT2D eigenvalue weighted by molar-refractivity contribution is 7.07. The van der Waals surface area contributed by atoms with Crippen molar-refractivity contribution >= 4 is 17.2 Å². The van der Waals surface area contributed by atoms with Crippen LogP contribution in [-0.4, -0.2) is 50.8 Å². The first kappa shape index (κ1) is 15.7. The van der Waals surface area contributed by atoms with Gasteiger partial charge in [-0.3, -0.25) is 9.69 Å². The molecule has 0 saturated carbocycles. The van der Waals surface area contributed by atoms with Gasteiger partial charge in [0.15, 0.2) is 0 Å². The number of carbonyl (C=O) groups is 1. The molecule has 1 fully saturated rings. The fourth-order valence-corrected chi connectivity index (χ4v) is 3.95. The van der Waals surface area contributed by atoms with Gasteiger partial charge in [0.2, 0.25) is 0 Å². The topological polar surface area (TPSA) is 41.4 Å². The molecule has 2 aromatic rings. The summed E-state index contributed by atoms with van der Waals surface area (Å²) in [5, 5.41) is 4.19. The second-order valence-electron chi connectivity index (χ2n) is 6.47. The van der Waals surface area contributed by atoms with E-state index in [-0.39, 0.29) is 11.7 Å². The third-order valence-electron chi connectivity index (χ3n) is 4.67. The van der Waals surface area contributed by atoms with Gasteiger partial charge in [0, 0.05) is 25.8 Å². The van der Waals surface area contributed by atoms with Crippen LogP contribution in [0.25, 0.3) is 0 Å². The standard InChI is InChI=1S/C16H18F2N4OS/c1-11-14-19-13(15(23)22-9-16(17,18)10-22)7-21(14)4-3-20(11)6-12-2-5-24-8-12/h2,5,7-8,11H,3-4,6,9-10H2,1H3. The van der Waals surface area contributed by atoms with Gasteiger partial charge in [-0.2, -0.15) is 11.3 Å². The highest BCUT2D eigenvalue weighted by Crippen LogP contribution is 2.30. The van der Waals surface area contributed by atoms with E-state index in [2.05, 4.69) is 33.6 Å². The molecule has 0 N–H and O–H groups in total. The maximum Gasteiger partial charge on any atom is 0.282 e. The molecule has 1 unspecified atom stereocenters. The van der Waals surface area contributed by atoms with Gasteiger partial charge in [0.25, 0.3) is 11.8 Å². The number of alkyl halides is 2. The van der Waals surface area contributed by atoms with Crippen molar-refractivity contribution < 1.29 is 13.6 Å². The van der Waals surface area contributed by atoms with Gasteiger partial charge in [-0.15, -0.1) is 0 Å². The Balaban J connectivity index is 1.50. The Morgan fingerprint density at radius 3 is 2.88 bits per heavy atom. The molecule has 5 nitrogen and oxygen atoms in total. The Morgan fingerprint density at radius 1 is 1.42 bits per heavy atom. The lowest BCUT2D eigenvalue weighted by molar-refractivity contribution is -0.113. The predicted molar refractivity (Wildman–Crippen MR) is 86.2 cm³/mol. The van der Waals surface area contributed by atoms with Crippen molar-refractivity contribution in [3.63, 3.8) is 0 Å². The zero-order chi connectivity index (χ0) is 16.9. The first-order chi connectivity index (χ1) is 11.4. The zero-order valence-corrected chi connectivity index (χ0v) is 14.1. The summed E-state index contributed by atoms with van der Waals surface area (Å²) < 4.78 is 27.9. The van der Waals surface area contributed by atoms with Crippen molar-refractivity contribution in [1.82, 2.24) is 19.4 Å². The molecule has 4 heterocycles. The number of carbonyl (C=O) groups excluding carboxylic acids is 1. The maximum atomic E-state index is 13.0. The van der Waals surface area contributed by atoms with Crippen molar-refractivity contribution in [1.29, 1.82) is 0 Å². The molecule has 8 heteroatoms. The predicted octanol–water partition coefficient (Wildman–Crippen LogP) is 2.61. The molecule has 1 amide bonds. The molecular weight excluding hydrogens is 334 g/mol. The fourth-order valence-electron chi connectivity index (χ4n) is 3.29. The molecule has 0 aliphatic carbocycles. The number of imidazole rings is 1. The van der Waals surface area contributed by atoms with Gasteiger partial charge >= 0.3 is 0 Å². The SMILES string of the molecule is CC1c2nc(C(=O)N3CC(F)(F)C3)cn2CCN1Cc1ccsc1. The van der Waals surface area contributed by atoms with E-state index in [1.807, 2.05) is 4.57 Å². The van der Waals surface area contributed by atoms with Gasteiger partial charge < -0.3 is 9.47 Å². The number of aromatic nitrogens is 2. The molecule has 0 aromatic carbocycles. The van der Waals surface area contributed by atoms with Crippen LogP contribution in [0, 0.1) is 0 Å². The molecule has 2 aromatic heterocycles. The number of nitrogens with zero attached hydrogens (tertiary/aromatic N) is 4. The summed E-state index contributed by atoms with van der Waals surface area (Å²) in [7, 11) is 0. The van der Waals surface area contributed by atoms with E-state index in [1.54, 1.807) is 17.5 Å². The lowest BCUT2D eigenvalue weighted by atomic mass is 10.1. The summed E-state index contributed by atoms with van der Waals surface area (Å²) in [6.07, 6.45) is 1.70. The smallest absolute Gasteiger partial charge is 0.282 e. The van der Waals surface area contributed by atoms with E-state index >= 15 is 0 Å². The van der Waals surface area contributed by atoms with Crippen LogP contribution >= 0.6 is 11.3 Å². The number of halogens is 2. The summed E-state index contributed by atoms with van der Waals surface area (Å²) in [5.41, 5.74) is 1.54. The fraction of sp³-hybridized carbons (Fsp3) is 0.500. The zero-order valence-electron chi connectivity index (χ0n) is 13.3. The van der Waals surface area contributed by atoms with Crippen molar-refractivity contribution in [2.24, 2.45) is 0 Å². The minimum Gasteiger partial charge on any atom is -0.331 e. The largest absolute Gasteiger partial charge is 0.331 e. The third kappa shape index (κ3) is 2.73. The van der Waals surface area contributed by atoms with Crippen molar-refractivity contribution in [3.8, 4) is 0 Å². The lowest BCUT2D eigenvalue weighted by Crippen LogP contribution is -2.58. The molecule has 0 spiro atoms. The van der Waals surface area contributed by atoms with Gasteiger partial charge in [-0.25, -0.2) is 13.8 Å². The van der Waals surface area contributed by atoms with Crippen molar-refractivity contribution in [2.75, 3.05) is 19.6 Å². The van der Waals surface area contributed by atoms with Crippen LogP contribution in [0.1, 0.15) is 34.8 Å². The Hall–Kier alpha value is -1.80. The number of rotatable bonds is 3. The van der Waals surface area contributed by atoms with Crippen LogP contribution in [0.3, 0.4) is 0 Å². The summed E-state index contributed by atoms with van der Waals surface area (Å²) in [6.45, 7) is 3.52. The van der Waals surface area contributed by atoms with Gasteiger partial charge in [-0.05, 0) is 29.3 Å². The van der Waals surface area contributed by atoms with Crippen LogP contribution in [0.2, 0.25) is 0 Å². The maximum absolute atomic E-state index is 13.0. The number of likely N-dealkylation sites (tertiary alicyclic amines) is 1. The highest BCUT2D eigenvalue weighted by Gasteiger charge is 2.47. The number of hydrogen-bond donors (Lipinski definition) is 0. The van der Waals surface area contributed by atoms with Crippen molar-refractivity contribution in [2.45, 2.75) is 32.0 Å². The number of hydrogen-bond acceptors (Lipinski definition) is 4. The van der Waals surface area contributed by atoms with Crippen LogP contribution in [0.15, 0.2) is 23.0 Å². The molecule has 1 atom stereocenters. The Bertz CT molecular complexity index is 750. The van der Waals surface area contributed by atoms with E-state index < -0.39 is 24.9 Å². The highest BCUT2D eigenvalue weighted by atomic mass is 32.1. The molecule has 128 valence electrons. The van der Waals surface area contributed by atoms with Crippen molar-refractivity contribution in [3.05, 3.63) is 40.1 Å². The molecule has 2 aliphatic rings. The summed E-state index contributed by atoms with van der Waals surface area (Å²) in [6, 6.07) is 2.19. The quantitative estimate of drug-likeness (QED) is 0.853. The molecule has 4 rings (SSSR count). The normalized spacial score (nSPS) is 23.0. The Morgan fingerprint density at radius 2 is 2.21 bits per heavy atom. The lowest BCUT2D eigenvalue weighted by Gasteiger charge is -2.38. The number of fused-ring (bicyclic) bond motifs is 1. The van der Waals surface area contributed by atoms with Gasteiger partial charge in [0.05, 0.1) is 19.1 Å². The summed E-state index contributed by atoms with van der Waals surface area (Å²) in [4.78, 5) is 20.2. The molecule has 24 heavy (non-hydrogen) atoms. The second kappa shape index (κ2) is 5.63. The minimum absolute atomic E-state index is 0.0815. The van der Waals surface area contributed by atoms with E-state index in [0.717, 1.165) is 30.4 Å². The van der Waals surface area contributed by atoms with Crippen LogP contribution < -0.4 is 0 Å². The second-order valence-corrected chi connectivity index (χ2v) is 7.25. The molecular formula is C16H18F2N4OS. The van der Waals surface area contributed by atoms with Crippen LogP contribution in [-0.2, 0) is 13.1 Å². The number of amides is 1. The van der Waals surface area contributed by atoms with E-state index in [4.69, 9.17) is 0 Å². The van der Waals surface area contributed by atoms with E-state index in [1.165, 1.54) is 5.56 Å². The first-order valence-electron chi connectivity index (χ1n) is 7.92. The monoisotopic (exact) mass is 352 g/mol. The van der Waals surface area contributed by atoms with Crippen LogP contribution in [0.5, 0.6) is 0 Å². The molecule has 2 aliphatic heterocycles.